The Morgan fingerprint density at radius 3 is 2.76 bits per heavy atom. The van der Waals surface area contributed by atoms with Crippen LogP contribution in [0.25, 0.3) is 0 Å². The van der Waals surface area contributed by atoms with Crippen LogP contribution in [0.4, 0.5) is 0 Å². The summed E-state index contributed by atoms with van der Waals surface area (Å²) >= 11 is 0. The number of hydrogen-bond donors (Lipinski definition) is 3. The third-order valence-electron chi connectivity index (χ3n) is 3.78. The summed E-state index contributed by atoms with van der Waals surface area (Å²) in [6, 6.07) is 0.00921. The van der Waals surface area contributed by atoms with Gasteiger partial charge in [0.25, 0.3) is 0 Å². The van der Waals surface area contributed by atoms with Crippen LogP contribution in [0.5, 0.6) is 0 Å². The molecule has 2 fully saturated rings. The fourth-order valence-corrected chi connectivity index (χ4v) is 2.88. The number of piperidine rings is 1. The van der Waals surface area contributed by atoms with Gasteiger partial charge in [-0.2, -0.15) is 0 Å². The van der Waals surface area contributed by atoms with Gasteiger partial charge in [-0.1, -0.05) is 13.3 Å². The molecule has 100 valence electrons. The number of unbranched alkanes of at least 4 members (excludes halogenated alkanes) is 1. The SMILES string of the molecule is CCCCN1C[C@@H](O)[C@@H](O)[C@H]2OC(C)(O)C[C@H]21. The zero-order valence-corrected chi connectivity index (χ0v) is 10.5. The average Bonchev–Trinajstić information content (AvgIpc) is 2.58. The summed E-state index contributed by atoms with van der Waals surface area (Å²) in [5.41, 5.74) is 0. The maximum Gasteiger partial charge on any atom is 0.164 e. The molecule has 0 saturated carbocycles. The lowest BCUT2D eigenvalue weighted by atomic mass is 9.92. The van der Waals surface area contributed by atoms with E-state index in [2.05, 4.69) is 11.8 Å². The number of β-amino-alcohol motifs (C(OH)–C–C–N with tert-alkyl or cyclic N) is 1. The van der Waals surface area contributed by atoms with E-state index in [1.165, 1.54) is 0 Å². The summed E-state index contributed by atoms with van der Waals surface area (Å²) in [7, 11) is 0. The van der Waals surface area contributed by atoms with Crippen LogP contribution in [0.1, 0.15) is 33.1 Å². The lowest BCUT2D eigenvalue weighted by molar-refractivity contribution is -0.213. The van der Waals surface area contributed by atoms with E-state index in [9.17, 15) is 15.3 Å². The average molecular weight is 245 g/mol. The molecule has 17 heavy (non-hydrogen) atoms. The molecule has 0 spiro atoms. The lowest BCUT2D eigenvalue weighted by Crippen LogP contribution is -2.59. The molecule has 5 atom stereocenters. The number of aliphatic hydroxyl groups is 3. The van der Waals surface area contributed by atoms with Crippen molar-refractivity contribution in [1.29, 1.82) is 0 Å². The minimum absolute atomic E-state index is 0.00921. The number of nitrogens with zero attached hydrogens (tertiary/aromatic N) is 1. The smallest absolute Gasteiger partial charge is 0.164 e. The van der Waals surface area contributed by atoms with Gasteiger partial charge in [0, 0.05) is 19.0 Å². The van der Waals surface area contributed by atoms with E-state index in [4.69, 9.17) is 4.74 Å². The van der Waals surface area contributed by atoms with E-state index < -0.39 is 24.1 Å². The zero-order chi connectivity index (χ0) is 12.6. The number of aliphatic hydroxyl groups excluding tert-OH is 2. The van der Waals surface area contributed by atoms with Crippen LogP contribution in [-0.2, 0) is 4.74 Å². The van der Waals surface area contributed by atoms with Gasteiger partial charge in [-0.15, -0.1) is 0 Å². The van der Waals surface area contributed by atoms with Gasteiger partial charge < -0.3 is 20.1 Å². The minimum atomic E-state index is -1.19. The molecule has 5 heteroatoms. The highest BCUT2D eigenvalue weighted by Crippen LogP contribution is 2.36. The number of hydrogen-bond acceptors (Lipinski definition) is 5. The molecule has 1 unspecified atom stereocenters. The van der Waals surface area contributed by atoms with Gasteiger partial charge in [0.05, 0.1) is 6.10 Å². The summed E-state index contributed by atoms with van der Waals surface area (Å²) < 4.78 is 5.45. The quantitative estimate of drug-likeness (QED) is 0.636. The molecule has 5 nitrogen and oxygen atoms in total. The Bertz CT molecular complexity index is 271. The van der Waals surface area contributed by atoms with Crippen molar-refractivity contribution < 1.29 is 20.1 Å². The molecule has 2 aliphatic heterocycles. The van der Waals surface area contributed by atoms with Crippen LogP contribution >= 0.6 is 0 Å². The van der Waals surface area contributed by atoms with Crippen LogP contribution in [0.15, 0.2) is 0 Å². The third-order valence-corrected chi connectivity index (χ3v) is 3.78. The summed E-state index contributed by atoms with van der Waals surface area (Å²) in [6.45, 7) is 5.07. The van der Waals surface area contributed by atoms with Crippen molar-refractivity contribution in [3.8, 4) is 0 Å². The predicted octanol–water partition coefficient (Wildman–Crippen LogP) is -0.310. The number of fused-ring (bicyclic) bond motifs is 1. The highest BCUT2D eigenvalue weighted by Gasteiger charge is 2.52. The minimum Gasteiger partial charge on any atom is -0.389 e. The van der Waals surface area contributed by atoms with Crippen molar-refractivity contribution in [2.75, 3.05) is 13.1 Å². The molecule has 2 heterocycles. The second-order valence-electron chi connectivity index (χ2n) is 5.44. The second-order valence-corrected chi connectivity index (χ2v) is 5.44. The molecular weight excluding hydrogens is 222 g/mol. The lowest BCUT2D eigenvalue weighted by Gasteiger charge is -2.41. The van der Waals surface area contributed by atoms with Crippen LogP contribution < -0.4 is 0 Å². The fourth-order valence-electron chi connectivity index (χ4n) is 2.88. The molecule has 0 aromatic carbocycles. The van der Waals surface area contributed by atoms with E-state index in [1.54, 1.807) is 6.92 Å². The maximum absolute atomic E-state index is 9.93. The Morgan fingerprint density at radius 2 is 2.12 bits per heavy atom. The Balaban J connectivity index is 2.09. The number of likely N-dealkylation sites (tertiary alicyclic amines) is 1. The maximum atomic E-state index is 9.93. The Hall–Kier alpha value is -0.200. The van der Waals surface area contributed by atoms with E-state index in [0.29, 0.717) is 13.0 Å². The third kappa shape index (κ3) is 2.63. The standard InChI is InChI=1S/C12H23NO4/c1-3-4-5-13-7-9(14)10(15)11-8(13)6-12(2,16)17-11/h8-11,14-16H,3-7H2,1-2H3/t8-,9-,10-,11+,12?/m1/s1. The van der Waals surface area contributed by atoms with E-state index in [0.717, 1.165) is 19.4 Å². The first-order valence-corrected chi connectivity index (χ1v) is 6.45. The first-order chi connectivity index (χ1) is 7.94. The highest BCUT2D eigenvalue weighted by molar-refractivity contribution is 5.01. The normalized spacial score (nSPS) is 47.1. The molecule has 2 aliphatic rings. The topological polar surface area (TPSA) is 73.2 Å². The molecular formula is C12H23NO4. The highest BCUT2D eigenvalue weighted by atomic mass is 16.6. The van der Waals surface area contributed by atoms with Crippen molar-refractivity contribution in [2.24, 2.45) is 0 Å². The van der Waals surface area contributed by atoms with Gasteiger partial charge >= 0.3 is 0 Å². The van der Waals surface area contributed by atoms with E-state index in [1.807, 2.05) is 0 Å². The van der Waals surface area contributed by atoms with E-state index >= 15 is 0 Å². The van der Waals surface area contributed by atoms with Crippen molar-refractivity contribution in [3.63, 3.8) is 0 Å². The van der Waals surface area contributed by atoms with E-state index in [-0.39, 0.29) is 6.04 Å². The molecule has 2 saturated heterocycles. The zero-order valence-electron chi connectivity index (χ0n) is 10.5. The predicted molar refractivity (Wildman–Crippen MR) is 62.4 cm³/mol. The molecule has 0 aliphatic carbocycles. The Morgan fingerprint density at radius 1 is 1.41 bits per heavy atom. The van der Waals surface area contributed by atoms with Crippen molar-refractivity contribution in [3.05, 3.63) is 0 Å². The van der Waals surface area contributed by atoms with Crippen molar-refractivity contribution >= 4 is 0 Å². The van der Waals surface area contributed by atoms with Crippen LogP contribution in [0.3, 0.4) is 0 Å². The largest absolute Gasteiger partial charge is 0.389 e. The molecule has 0 bridgehead atoms. The fraction of sp³-hybridized carbons (Fsp3) is 1.00. The summed E-state index contributed by atoms with van der Waals surface area (Å²) in [5.74, 6) is -1.19. The molecule has 3 N–H and O–H groups in total. The molecule has 0 radical (unpaired) electrons. The van der Waals surface area contributed by atoms with Crippen LogP contribution in [0.2, 0.25) is 0 Å². The van der Waals surface area contributed by atoms with Gasteiger partial charge in [-0.3, -0.25) is 4.90 Å². The van der Waals surface area contributed by atoms with Crippen molar-refractivity contribution in [2.45, 2.75) is 63.3 Å². The monoisotopic (exact) mass is 245 g/mol. The molecule has 0 aromatic heterocycles. The van der Waals surface area contributed by atoms with Gasteiger partial charge in [-0.25, -0.2) is 0 Å². The summed E-state index contributed by atoms with van der Waals surface area (Å²) in [6.07, 6.45) is 0.461. The second kappa shape index (κ2) is 4.82. The summed E-state index contributed by atoms with van der Waals surface area (Å²) in [5, 5.41) is 29.7. The van der Waals surface area contributed by atoms with Crippen LogP contribution in [-0.4, -0.2) is 63.4 Å². The van der Waals surface area contributed by atoms with Gasteiger partial charge in [0.2, 0.25) is 0 Å². The first-order valence-electron chi connectivity index (χ1n) is 6.45. The first kappa shape index (κ1) is 13.2. The Kier molecular flexibility index (Phi) is 3.75. The van der Waals surface area contributed by atoms with Crippen LogP contribution in [0, 0.1) is 0 Å². The van der Waals surface area contributed by atoms with Gasteiger partial charge in [0.15, 0.2) is 5.79 Å². The van der Waals surface area contributed by atoms with Gasteiger partial charge in [0.1, 0.15) is 12.2 Å². The van der Waals surface area contributed by atoms with Crippen molar-refractivity contribution in [1.82, 2.24) is 4.90 Å². The van der Waals surface area contributed by atoms with Gasteiger partial charge in [-0.05, 0) is 19.9 Å². The Labute approximate surface area is 102 Å². The summed E-state index contributed by atoms with van der Waals surface area (Å²) in [4.78, 5) is 2.13. The number of ether oxygens (including phenoxy) is 1. The number of rotatable bonds is 3. The molecule has 2 rings (SSSR count). The molecule has 0 amide bonds. The molecule has 0 aromatic rings.